The van der Waals surface area contributed by atoms with Gasteiger partial charge in [-0.3, -0.25) is 0 Å². The lowest BCUT2D eigenvalue weighted by molar-refractivity contribution is -0.0141. The molecule has 1 fully saturated rings. The van der Waals surface area contributed by atoms with E-state index in [1.54, 1.807) is 0 Å². The van der Waals surface area contributed by atoms with Gasteiger partial charge in [0, 0.05) is 12.5 Å². The molecule has 0 amide bonds. The Morgan fingerprint density at radius 2 is 2.22 bits per heavy atom. The Labute approximate surface area is 108 Å². The van der Waals surface area contributed by atoms with Crippen LogP contribution in [0, 0.1) is 0 Å². The molecule has 1 heterocycles. The predicted octanol–water partition coefficient (Wildman–Crippen LogP) is 2.07. The maximum absolute atomic E-state index is 5.91. The Hall–Kier alpha value is -0.940. The van der Waals surface area contributed by atoms with Gasteiger partial charge in [0.1, 0.15) is 6.61 Å². The van der Waals surface area contributed by atoms with Crippen LogP contribution in [0.4, 0.5) is 0 Å². The van der Waals surface area contributed by atoms with Gasteiger partial charge in [-0.15, -0.1) is 0 Å². The quantitative estimate of drug-likeness (QED) is 0.841. The van der Waals surface area contributed by atoms with Gasteiger partial charge in [0.2, 0.25) is 0 Å². The van der Waals surface area contributed by atoms with E-state index in [-0.39, 0.29) is 6.10 Å². The van der Waals surface area contributed by atoms with E-state index >= 15 is 0 Å². The fraction of sp³-hybridized carbons (Fsp3) is 0.846. The van der Waals surface area contributed by atoms with Crippen LogP contribution in [0.3, 0.4) is 0 Å². The number of aromatic nitrogens is 2. The molecule has 1 aromatic heterocycles. The van der Waals surface area contributed by atoms with E-state index in [0.29, 0.717) is 18.5 Å². The van der Waals surface area contributed by atoms with E-state index in [1.807, 2.05) is 7.05 Å². The molecule has 2 atom stereocenters. The number of hydrogen-bond acceptors (Lipinski definition) is 5. The van der Waals surface area contributed by atoms with Crippen molar-refractivity contribution in [2.24, 2.45) is 0 Å². The molecule has 1 aliphatic rings. The second-order valence-corrected chi connectivity index (χ2v) is 4.88. The molecule has 2 rings (SSSR count). The first-order chi connectivity index (χ1) is 8.83. The monoisotopic (exact) mass is 253 g/mol. The summed E-state index contributed by atoms with van der Waals surface area (Å²) in [5, 5.41) is 7.25. The Morgan fingerprint density at radius 3 is 3.00 bits per heavy atom. The minimum Gasteiger partial charge on any atom is -0.367 e. The Balaban J connectivity index is 1.81. The lowest BCUT2D eigenvalue weighted by Crippen LogP contribution is -2.41. The van der Waals surface area contributed by atoms with E-state index in [0.717, 1.165) is 25.1 Å². The third kappa shape index (κ3) is 3.53. The van der Waals surface area contributed by atoms with E-state index in [4.69, 9.17) is 9.26 Å². The first-order valence-corrected chi connectivity index (χ1v) is 6.93. The summed E-state index contributed by atoms with van der Waals surface area (Å²) in [6, 6.07) is 0.455. The minimum atomic E-state index is 0.269. The van der Waals surface area contributed by atoms with Gasteiger partial charge in [-0.1, -0.05) is 24.9 Å². The summed E-state index contributed by atoms with van der Waals surface area (Å²) in [5.74, 6) is 1.38. The van der Waals surface area contributed by atoms with Crippen molar-refractivity contribution in [3.05, 3.63) is 11.7 Å². The average molecular weight is 253 g/mol. The fourth-order valence-corrected chi connectivity index (χ4v) is 2.48. The first kappa shape index (κ1) is 13.5. The highest BCUT2D eigenvalue weighted by Gasteiger charge is 2.24. The number of rotatable bonds is 6. The zero-order valence-corrected chi connectivity index (χ0v) is 11.3. The summed E-state index contributed by atoms with van der Waals surface area (Å²) in [6.07, 6.45) is 7.00. The first-order valence-electron chi connectivity index (χ1n) is 6.93. The van der Waals surface area contributed by atoms with Crippen LogP contribution < -0.4 is 5.32 Å². The van der Waals surface area contributed by atoms with Crippen molar-refractivity contribution >= 4 is 0 Å². The standard InChI is InChI=1S/C13H23N3O2/c1-3-6-12-15-13(18-16-12)9-17-11-8-5-4-7-10(11)14-2/h10-11,14H,3-9H2,1-2H3. The molecule has 0 saturated heterocycles. The van der Waals surface area contributed by atoms with Gasteiger partial charge in [-0.05, 0) is 26.3 Å². The largest absolute Gasteiger partial charge is 0.367 e. The molecule has 0 aliphatic heterocycles. The normalized spacial score (nSPS) is 24.3. The Bertz CT molecular complexity index is 354. The van der Waals surface area contributed by atoms with Gasteiger partial charge in [0.25, 0.3) is 5.89 Å². The second kappa shape index (κ2) is 6.85. The molecule has 0 spiro atoms. The van der Waals surface area contributed by atoms with Gasteiger partial charge in [-0.2, -0.15) is 4.98 Å². The fourth-order valence-electron chi connectivity index (χ4n) is 2.48. The third-order valence-electron chi connectivity index (χ3n) is 3.48. The Kier molecular flexibility index (Phi) is 5.13. The van der Waals surface area contributed by atoms with Crippen LogP contribution in [-0.2, 0) is 17.8 Å². The van der Waals surface area contributed by atoms with Gasteiger partial charge >= 0.3 is 0 Å². The molecule has 1 saturated carbocycles. The average Bonchev–Trinajstić information content (AvgIpc) is 2.85. The molecule has 1 aromatic rings. The molecule has 0 radical (unpaired) electrons. The van der Waals surface area contributed by atoms with E-state index in [2.05, 4.69) is 22.4 Å². The van der Waals surface area contributed by atoms with Crippen molar-refractivity contribution in [2.45, 2.75) is 64.2 Å². The highest BCUT2D eigenvalue weighted by Crippen LogP contribution is 2.21. The van der Waals surface area contributed by atoms with E-state index in [1.165, 1.54) is 19.3 Å². The summed E-state index contributed by atoms with van der Waals surface area (Å²) in [7, 11) is 2.00. The molecule has 102 valence electrons. The molecule has 0 aromatic carbocycles. The van der Waals surface area contributed by atoms with Crippen molar-refractivity contribution in [1.82, 2.24) is 15.5 Å². The minimum absolute atomic E-state index is 0.269. The summed E-state index contributed by atoms with van der Waals surface area (Å²) in [4.78, 5) is 4.31. The van der Waals surface area contributed by atoms with Crippen molar-refractivity contribution in [3.8, 4) is 0 Å². The lowest BCUT2D eigenvalue weighted by atomic mass is 9.92. The summed E-state index contributed by atoms with van der Waals surface area (Å²) < 4.78 is 11.1. The molecule has 1 N–H and O–H groups in total. The highest BCUT2D eigenvalue weighted by atomic mass is 16.5. The number of ether oxygens (including phenoxy) is 1. The maximum atomic E-state index is 5.91. The van der Waals surface area contributed by atoms with Crippen molar-refractivity contribution in [3.63, 3.8) is 0 Å². The predicted molar refractivity (Wildman–Crippen MR) is 68.2 cm³/mol. The zero-order valence-electron chi connectivity index (χ0n) is 11.3. The maximum Gasteiger partial charge on any atom is 0.252 e. The summed E-state index contributed by atoms with van der Waals surface area (Å²) in [6.45, 7) is 2.53. The van der Waals surface area contributed by atoms with Crippen LogP contribution in [0.1, 0.15) is 50.7 Å². The molecule has 5 heteroatoms. The topological polar surface area (TPSA) is 60.2 Å². The number of hydrogen-bond donors (Lipinski definition) is 1. The lowest BCUT2D eigenvalue weighted by Gasteiger charge is -2.30. The molecular formula is C13H23N3O2. The highest BCUT2D eigenvalue weighted by molar-refractivity contribution is 4.86. The van der Waals surface area contributed by atoms with Gasteiger partial charge in [-0.25, -0.2) is 0 Å². The van der Waals surface area contributed by atoms with Crippen molar-refractivity contribution in [2.75, 3.05) is 7.05 Å². The SMILES string of the molecule is CCCc1noc(COC2CCCCC2NC)n1. The van der Waals surface area contributed by atoms with E-state index in [9.17, 15) is 0 Å². The van der Waals surface area contributed by atoms with Gasteiger partial charge < -0.3 is 14.6 Å². The smallest absolute Gasteiger partial charge is 0.252 e. The third-order valence-corrected chi connectivity index (χ3v) is 3.48. The Morgan fingerprint density at radius 1 is 1.39 bits per heavy atom. The molecule has 0 bridgehead atoms. The van der Waals surface area contributed by atoms with Crippen LogP contribution in [0.2, 0.25) is 0 Å². The summed E-state index contributed by atoms with van der Waals surface area (Å²) in [5.41, 5.74) is 0. The number of likely N-dealkylation sites (N-methyl/N-ethyl adjacent to an activating group) is 1. The molecule has 5 nitrogen and oxygen atoms in total. The number of nitrogens with zero attached hydrogens (tertiary/aromatic N) is 2. The number of aryl methyl sites for hydroxylation is 1. The molecular weight excluding hydrogens is 230 g/mol. The van der Waals surface area contributed by atoms with Gasteiger partial charge in [0.15, 0.2) is 5.82 Å². The second-order valence-electron chi connectivity index (χ2n) is 4.88. The summed E-state index contributed by atoms with van der Waals surface area (Å²) >= 11 is 0. The zero-order chi connectivity index (χ0) is 12.8. The van der Waals surface area contributed by atoms with E-state index < -0.39 is 0 Å². The molecule has 2 unspecified atom stereocenters. The van der Waals surface area contributed by atoms with Crippen LogP contribution in [0.5, 0.6) is 0 Å². The molecule has 1 aliphatic carbocycles. The van der Waals surface area contributed by atoms with Crippen LogP contribution in [0.25, 0.3) is 0 Å². The van der Waals surface area contributed by atoms with Gasteiger partial charge in [0.05, 0.1) is 6.10 Å². The molecule has 18 heavy (non-hydrogen) atoms. The van der Waals surface area contributed by atoms with Crippen molar-refractivity contribution < 1.29 is 9.26 Å². The van der Waals surface area contributed by atoms with Crippen molar-refractivity contribution in [1.29, 1.82) is 0 Å². The van der Waals surface area contributed by atoms with Crippen LogP contribution in [0.15, 0.2) is 4.52 Å². The van der Waals surface area contributed by atoms with Crippen LogP contribution in [-0.4, -0.2) is 29.3 Å². The number of nitrogens with one attached hydrogen (secondary N) is 1. The van der Waals surface area contributed by atoms with Crippen LogP contribution >= 0.6 is 0 Å².